The molecule has 0 saturated carbocycles. The topological polar surface area (TPSA) is 0 Å². The third-order valence-corrected chi connectivity index (χ3v) is 6.99. The van der Waals surface area contributed by atoms with Crippen molar-refractivity contribution in [3.05, 3.63) is 0 Å². The van der Waals surface area contributed by atoms with Gasteiger partial charge in [-0.3, -0.25) is 0 Å². The Kier molecular flexibility index (Phi) is 4.50. The van der Waals surface area contributed by atoms with Gasteiger partial charge in [0.25, 0.3) is 0 Å². The first kappa shape index (κ1) is 11.8. The Morgan fingerprint density at radius 2 is 2.15 bits per heavy atom. The minimum absolute atomic E-state index is 0.567. The highest BCUT2D eigenvalue weighted by atomic mass is 33.1. The van der Waals surface area contributed by atoms with Crippen molar-refractivity contribution >= 4 is 21.6 Å². The second kappa shape index (κ2) is 4.97. The summed E-state index contributed by atoms with van der Waals surface area (Å²) in [5.74, 6) is 3.07. The van der Waals surface area contributed by atoms with Crippen LogP contribution in [-0.2, 0) is 0 Å². The van der Waals surface area contributed by atoms with E-state index in [0.717, 1.165) is 11.8 Å². The van der Waals surface area contributed by atoms with Crippen molar-refractivity contribution in [1.82, 2.24) is 0 Å². The van der Waals surface area contributed by atoms with Crippen molar-refractivity contribution < 1.29 is 0 Å². The molecule has 1 saturated heterocycles. The smallest absolute Gasteiger partial charge is 0.0312 e. The maximum absolute atomic E-state index is 2.45. The van der Waals surface area contributed by atoms with E-state index in [1.54, 1.807) is 0 Å². The maximum atomic E-state index is 2.45. The Labute approximate surface area is 91.0 Å². The summed E-state index contributed by atoms with van der Waals surface area (Å²) in [7, 11) is 4.26. The van der Waals surface area contributed by atoms with Gasteiger partial charge in [-0.05, 0) is 24.7 Å². The molecule has 2 heteroatoms. The SMILES string of the molecule is CCCC1(C(C)C)SSCCC1C. The van der Waals surface area contributed by atoms with Gasteiger partial charge in [0.1, 0.15) is 0 Å². The molecule has 0 aliphatic carbocycles. The highest BCUT2D eigenvalue weighted by molar-refractivity contribution is 8.77. The fourth-order valence-electron chi connectivity index (χ4n) is 2.34. The zero-order chi connectivity index (χ0) is 9.90. The monoisotopic (exact) mass is 218 g/mol. The molecule has 0 radical (unpaired) electrons. The van der Waals surface area contributed by atoms with Crippen LogP contribution in [0.5, 0.6) is 0 Å². The van der Waals surface area contributed by atoms with Gasteiger partial charge in [0.2, 0.25) is 0 Å². The van der Waals surface area contributed by atoms with Gasteiger partial charge in [0.15, 0.2) is 0 Å². The van der Waals surface area contributed by atoms with Crippen molar-refractivity contribution in [3.63, 3.8) is 0 Å². The van der Waals surface area contributed by atoms with Crippen LogP contribution in [0, 0.1) is 11.8 Å². The zero-order valence-electron chi connectivity index (χ0n) is 9.30. The molecule has 1 heterocycles. The van der Waals surface area contributed by atoms with E-state index in [1.165, 1.54) is 25.0 Å². The number of hydrogen-bond acceptors (Lipinski definition) is 2. The van der Waals surface area contributed by atoms with Gasteiger partial charge >= 0.3 is 0 Å². The van der Waals surface area contributed by atoms with E-state index in [9.17, 15) is 0 Å². The van der Waals surface area contributed by atoms with Gasteiger partial charge in [0, 0.05) is 10.5 Å². The number of rotatable bonds is 3. The fourth-order valence-corrected chi connectivity index (χ4v) is 6.37. The third kappa shape index (κ3) is 2.38. The molecule has 2 unspecified atom stereocenters. The summed E-state index contributed by atoms with van der Waals surface area (Å²) < 4.78 is 0.567. The second-order valence-electron chi connectivity index (χ2n) is 4.45. The average molecular weight is 218 g/mol. The molecule has 1 fully saturated rings. The molecule has 78 valence electrons. The lowest BCUT2D eigenvalue weighted by Crippen LogP contribution is -2.40. The number of hydrogen-bond donors (Lipinski definition) is 0. The van der Waals surface area contributed by atoms with Crippen LogP contribution >= 0.6 is 21.6 Å². The first-order valence-electron chi connectivity index (χ1n) is 5.44. The van der Waals surface area contributed by atoms with E-state index in [-0.39, 0.29) is 0 Å². The maximum Gasteiger partial charge on any atom is 0.0312 e. The predicted molar refractivity (Wildman–Crippen MR) is 66.3 cm³/mol. The van der Waals surface area contributed by atoms with Gasteiger partial charge in [-0.25, -0.2) is 0 Å². The lowest BCUT2D eigenvalue weighted by Gasteiger charge is -2.44. The largest absolute Gasteiger partial charge is 0.0936 e. The second-order valence-corrected chi connectivity index (χ2v) is 7.23. The Bertz CT molecular complexity index is 152. The molecule has 0 N–H and O–H groups in total. The van der Waals surface area contributed by atoms with E-state index in [0.29, 0.717) is 4.75 Å². The first-order valence-corrected chi connectivity index (χ1v) is 7.76. The lowest BCUT2D eigenvalue weighted by molar-refractivity contribution is 0.290. The Hall–Kier alpha value is 0.700. The van der Waals surface area contributed by atoms with Crippen LogP contribution in [0.1, 0.15) is 47.0 Å². The van der Waals surface area contributed by atoms with Crippen LogP contribution in [0.3, 0.4) is 0 Å². The molecule has 0 spiro atoms. The van der Waals surface area contributed by atoms with Crippen molar-refractivity contribution in [2.75, 3.05) is 5.75 Å². The molecule has 0 aromatic heterocycles. The van der Waals surface area contributed by atoms with Crippen LogP contribution in [0.2, 0.25) is 0 Å². The molecule has 1 rings (SSSR count). The van der Waals surface area contributed by atoms with Crippen LogP contribution in [-0.4, -0.2) is 10.5 Å². The van der Waals surface area contributed by atoms with E-state index < -0.39 is 0 Å². The fraction of sp³-hybridized carbons (Fsp3) is 1.00. The molecule has 13 heavy (non-hydrogen) atoms. The molecule has 0 aromatic carbocycles. The molecule has 1 aliphatic heterocycles. The van der Waals surface area contributed by atoms with E-state index in [2.05, 4.69) is 49.3 Å². The van der Waals surface area contributed by atoms with Crippen LogP contribution in [0.4, 0.5) is 0 Å². The Morgan fingerprint density at radius 1 is 1.46 bits per heavy atom. The minimum atomic E-state index is 0.567. The van der Waals surface area contributed by atoms with Crippen molar-refractivity contribution in [1.29, 1.82) is 0 Å². The Morgan fingerprint density at radius 3 is 2.62 bits per heavy atom. The molecular weight excluding hydrogens is 196 g/mol. The summed E-state index contributed by atoms with van der Waals surface area (Å²) in [5.41, 5.74) is 0. The van der Waals surface area contributed by atoms with Crippen LogP contribution in [0.15, 0.2) is 0 Å². The van der Waals surface area contributed by atoms with E-state index >= 15 is 0 Å². The standard InChI is InChI=1S/C11H22S2/c1-5-7-11(9(2)3)10(4)6-8-12-13-11/h9-10H,5-8H2,1-4H3. The predicted octanol–water partition coefficient (Wildman–Crippen LogP) is 4.60. The normalized spacial score (nSPS) is 35.3. The lowest BCUT2D eigenvalue weighted by atomic mass is 9.79. The van der Waals surface area contributed by atoms with E-state index in [4.69, 9.17) is 0 Å². The molecule has 0 nitrogen and oxygen atoms in total. The molecule has 0 bridgehead atoms. The van der Waals surface area contributed by atoms with Gasteiger partial charge in [-0.15, -0.1) is 0 Å². The quantitative estimate of drug-likeness (QED) is 0.635. The highest BCUT2D eigenvalue weighted by Gasteiger charge is 2.41. The molecule has 0 amide bonds. The van der Waals surface area contributed by atoms with Gasteiger partial charge in [0.05, 0.1) is 0 Å². The summed E-state index contributed by atoms with van der Waals surface area (Å²) >= 11 is 0. The van der Waals surface area contributed by atoms with Gasteiger partial charge < -0.3 is 0 Å². The average Bonchev–Trinajstić information content (AvgIpc) is 2.09. The van der Waals surface area contributed by atoms with Crippen molar-refractivity contribution in [2.24, 2.45) is 11.8 Å². The van der Waals surface area contributed by atoms with Crippen LogP contribution < -0.4 is 0 Å². The summed E-state index contributed by atoms with van der Waals surface area (Å²) in [6.07, 6.45) is 4.13. The van der Waals surface area contributed by atoms with Crippen molar-refractivity contribution in [3.8, 4) is 0 Å². The summed E-state index contributed by atoms with van der Waals surface area (Å²) in [4.78, 5) is 0. The summed E-state index contributed by atoms with van der Waals surface area (Å²) in [5, 5.41) is 0. The zero-order valence-corrected chi connectivity index (χ0v) is 10.9. The molecule has 1 aliphatic rings. The summed E-state index contributed by atoms with van der Waals surface area (Å²) in [6, 6.07) is 0. The molecule has 2 atom stereocenters. The molecular formula is C11H22S2. The highest BCUT2D eigenvalue weighted by Crippen LogP contribution is 2.54. The first-order chi connectivity index (χ1) is 6.13. The van der Waals surface area contributed by atoms with E-state index in [1.807, 2.05) is 0 Å². The van der Waals surface area contributed by atoms with Crippen LogP contribution in [0.25, 0.3) is 0 Å². The van der Waals surface area contributed by atoms with Gasteiger partial charge in [-0.1, -0.05) is 55.7 Å². The van der Waals surface area contributed by atoms with Gasteiger partial charge in [-0.2, -0.15) is 0 Å². The molecule has 0 aromatic rings. The Balaban J connectivity index is 2.73. The van der Waals surface area contributed by atoms with Crippen molar-refractivity contribution in [2.45, 2.75) is 51.7 Å². The third-order valence-electron chi connectivity index (χ3n) is 3.30. The summed E-state index contributed by atoms with van der Waals surface area (Å²) in [6.45, 7) is 9.55. The minimum Gasteiger partial charge on any atom is -0.0936 e.